The lowest BCUT2D eigenvalue weighted by molar-refractivity contribution is -0.133. The molecule has 4 rings (SSSR count). The summed E-state index contributed by atoms with van der Waals surface area (Å²) in [5.41, 5.74) is 0.915. The molecule has 1 amide bonds. The van der Waals surface area contributed by atoms with Gasteiger partial charge in [-0.15, -0.1) is 0 Å². The zero-order valence-corrected chi connectivity index (χ0v) is 16.1. The predicted molar refractivity (Wildman–Crippen MR) is 105 cm³/mol. The highest BCUT2D eigenvalue weighted by atomic mass is 32.2. The molecule has 4 aliphatic rings. The molecule has 0 saturated carbocycles. The molecule has 7 nitrogen and oxygen atoms in total. The first-order valence-corrected chi connectivity index (χ1v) is 10.2. The first kappa shape index (κ1) is 18.3. The van der Waals surface area contributed by atoms with Crippen LogP contribution in [0.2, 0.25) is 0 Å². The Bertz CT molecular complexity index is 796. The summed E-state index contributed by atoms with van der Waals surface area (Å²) in [5, 5.41) is 21.2. The summed E-state index contributed by atoms with van der Waals surface area (Å²) in [6, 6.07) is 2.12. The molecule has 1 fully saturated rings. The van der Waals surface area contributed by atoms with E-state index in [1.54, 1.807) is 18.7 Å². The number of nitriles is 1. The average molecular weight is 385 g/mol. The van der Waals surface area contributed by atoms with Crippen LogP contribution in [0.25, 0.3) is 0 Å². The van der Waals surface area contributed by atoms with Gasteiger partial charge in [0.1, 0.15) is 11.9 Å². The van der Waals surface area contributed by atoms with E-state index in [2.05, 4.69) is 16.0 Å². The van der Waals surface area contributed by atoms with Gasteiger partial charge in [0.2, 0.25) is 5.91 Å². The van der Waals surface area contributed by atoms with Crippen molar-refractivity contribution in [2.75, 3.05) is 13.1 Å². The van der Waals surface area contributed by atoms with E-state index in [1.807, 2.05) is 28.7 Å². The average Bonchev–Trinajstić information content (AvgIpc) is 3.25. The van der Waals surface area contributed by atoms with Crippen LogP contribution >= 0.6 is 11.8 Å². The molecule has 0 aromatic rings. The normalized spacial score (nSPS) is 32.5. The minimum absolute atomic E-state index is 0.0197. The third-order valence-corrected chi connectivity index (χ3v) is 6.71. The maximum absolute atomic E-state index is 12.4. The minimum Gasteiger partial charge on any atom is -0.385 e. The van der Waals surface area contributed by atoms with E-state index in [1.165, 1.54) is 0 Å². The van der Waals surface area contributed by atoms with Gasteiger partial charge in [-0.05, 0) is 37.3 Å². The van der Waals surface area contributed by atoms with Gasteiger partial charge in [-0.2, -0.15) is 5.26 Å². The summed E-state index contributed by atoms with van der Waals surface area (Å²) >= 11 is 1.63. The number of aliphatic imine (C=N–C) groups is 2. The quantitative estimate of drug-likeness (QED) is 0.795. The number of aliphatic hydroxyl groups excluding tert-OH is 1. The lowest BCUT2D eigenvalue weighted by atomic mass is 9.96. The Hall–Kier alpha value is -2.11. The van der Waals surface area contributed by atoms with Gasteiger partial charge in [-0.3, -0.25) is 9.79 Å². The van der Waals surface area contributed by atoms with E-state index in [-0.39, 0.29) is 30.8 Å². The second-order valence-corrected chi connectivity index (χ2v) is 8.40. The summed E-state index contributed by atoms with van der Waals surface area (Å²) in [6.45, 7) is 3.07. The number of piperidine rings is 1. The van der Waals surface area contributed by atoms with Crippen LogP contribution in [0.15, 0.2) is 33.7 Å². The molecule has 2 unspecified atom stereocenters. The van der Waals surface area contributed by atoms with Gasteiger partial charge in [0.25, 0.3) is 0 Å². The van der Waals surface area contributed by atoms with Crippen LogP contribution in [-0.4, -0.2) is 68.5 Å². The molecule has 0 aromatic carbocycles. The third-order valence-electron chi connectivity index (χ3n) is 5.54. The number of hydrogen-bond donors (Lipinski definition) is 1. The molecule has 0 bridgehead atoms. The summed E-state index contributed by atoms with van der Waals surface area (Å²) in [4.78, 5) is 25.4. The Morgan fingerprint density at radius 2 is 2.44 bits per heavy atom. The molecule has 4 aliphatic heterocycles. The van der Waals surface area contributed by atoms with Crippen molar-refractivity contribution < 1.29 is 9.90 Å². The highest BCUT2D eigenvalue weighted by molar-refractivity contribution is 8.04. The molecule has 0 aromatic heterocycles. The minimum atomic E-state index is -0.689. The predicted octanol–water partition coefficient (Wildman–Crippen LogP) is 1.67. The standard InChI is InChI=1S/C19H23N5O2S/c1-13(25)18-22-19-15(7-11-27-19)21-9-6-16(19)24(18)14-4-3-10-23(12-14)17(26)5-2-8-20/h6-7,9,11,13-14,16,25H,2-5,10,12H2,1H3/t13-,14+,16?,19?/m1/s1. The summed E-state index contributed by atoms with van der Waals surface area (Å²) in [7, 11) is 0. The molecule has 4 atom stereocenters. The van der Waals surface area contributed by atoms with Crippen molar-refractivity contribution in [1.29, 1.82) is 5.26 Å². The largest absolute Gasteiger partial charge is 0.385 e. The third kappa shape index (κ3) is 2.99. The number of nitrogens with zero attached hydrogens (tertiary/aromatic N) is 5. The fourth-order valence-corrected chi connectivity index (χ4v) is 5.45. The van der Waals surface area contributed by atoms with Gasteiger partial charge in [0.15, 0.2) is 4.87 Å². The Kier molecular flexibility index (Phi) is 4.82. The van der Waals surface area contributed by atoms with E-state index in [9.17, 15) is 9.90 Å². The number of carbonyl (C=O) groups is 1. The first-order chi connectivity index (χ1) is 13.1. The van der Waals surface area contributed by atoms with Crippen molar-refractivity contribution in [3.05, 3.63) is 23.8 Å². The first-order valence-electron chi connectivity index (χ1n) is 9.37. The number of carbonyl (C=O) groups excluding carboxylic acids is 1. The van der Waals surface area contributed by atoms with Crippen molar-refractivity contribution in [3.8, 4) is 6.07 Å². The topological polar surface area (TPSA) is 92.3 Å². The maximum atomic E-state index is 12.4. The van der Waals surface area contributed by atoms with Crippen molar-refractivity contribution in [2.45, 2.75) is 55.7 Å². The summed E-state index contributed by atoms with van der Waals surface area (Å²) in [6.07, 6.45) is 7.54. The highest BCUT2D eigenvalue weighted by Crippen LogP contribution is 2.48. The van der Waals surface area contributed by atoms with Crippen LogP contribution in [0.3, 0.4) is 0 Å². The lowest BCUT2D eigenvalue weighted by Gasteiger charge is -2.44. The number of amidine groups is 1. The van der Waals surface area contributed by atoms with Crippen LogP contribution in [0.1, 0.15) is 32.6 Å². The van der Waals surface area contributed by atoms with Gasteiger partial charge < -0.3 is 14.9 Å². The van der Waals surface area contributed by atoms with Crippen LogP contribution in [-0.2, 0) is 4.79 Å². The van der Waals surface area contributed by atoms with Crippen LogP contribution in [0, 0.1) is 11.3 Å². The Morgan fingerprint density at radius 3 is 3.22 bits per heavy atom. The zero-order valence-electron chi connectivity index (χ0n) is 15.3. The van der Waals surface area contributed by atoms with E-state index < -0.39 is 11.0 Å². The van der Waals surface area contributed by atoms with Gasteiger partial charge in [-0.1, -0.05) is 11.8 Å². The Labute approximate surface area is 163 Å². The zero-order chi connectivity index (χ0) is 19.0. The monoisotopic (exact) mass is 385 g/mol. The van der Waals surface area contributed by atoms with Gasteiger partial charge in [0.05, 0.1) is 17.8 Å². The SMILES string of the molecule is C[C@@H](O)C1=NC23SC=CC2=NC=CC3N1[C@H]1CCCN(C(=O)CCC#N)C1. The molecule has 8 heteroatoms. The van der Waals surface area contributed by atoms with Crippen molar-refractivity contribution in [3.63, 3.8) is 0 Å². The molecule has 0 aliphatic carbocycles. The molecular formula is C19H23N5O2S. The fourth-order valence-electron chi connectivity index (χ4n) is 4.33. The fraction of sp³-hybridized carbons (Fsp3) is 0.579. The molecular weight excluding hydrogens is 362 g/mol. The number of likely N-dealkylation sites (tertiary alicyclic amines) is 1. The number of aliphatic hydroxyl groups is 1. The van der Waals surface area contributed by atoms with Crippen LogP contribution in [0.4, 0.5) is 0 Å². The van der Waals surface area contributed by atoms with E-state index in [0.717, 1.165) is 25.1 Å². The second-order valence-electron chi connectivity index (χ2n) is 7.26. The molecule has 1 N–H and O–H groups in total. The molecule has 4 heterocycles. The maximum Gasteiger partial charge on any atom is 0.223 e. The summed E-state index contributed by atoms with van der Waals surface area (Å²) in [5.74, 6) is 0.704. The lowest BCUT2D eigenvalue weighted by Crippen LogP contribution is -2.58. The van der Waals surface area contributed by atoms with Crippen molar-refractivity contribution in [2.24, 2.45) is 9.98 Å². The van der Waals surface area contributed by atoms with E-state index in [0.29, 0.717) is 12.4 Å². The molecule has 142 valence electrons. The van der Waals surface area contributed by atoms with Gasteiger partial charge in [-0.25, -0.2) is 4.99 Å². The molecule has 0 radical (unpaired) electrons. The number of amides is 1. The smallest absolute Gasteiger partial charge is 0.223 e. The van der Waals surface area contributed by atoms with Gasteiger partial charge in [0, 0.05) is 38.2 Å². The van der Waals surface area contributed by atoms with Gasteiger partial charge >= 0.3 is 0 Å². The Morgan fingerprint density at radius 1 is 1.59 bits per heavy atom. The van der Waals surface area contributed by atoms with Crippen LogP contribution < -0.4 is 0 Å². The molecule has 27 heavy (non-hydrogen) atoms. The number of thioether (sulfide) groups is 1. The number of rotatable bonds is 4. The second kappa shape index (κ2) is 7.13. The summed E-state index contributed by atoms with van der Waals surface area (Å²) < 4.78 is 0. The molecule has 1 saturated heterocycles. The van der Waals surface area contributed by atoms with Crippen molar-refractivity contribution >= 4 is 29.2 Å². The molecule has 1 spiro atoms. The van der Waals surface area contributed by atoms with E-state index >= 15 is 0 Å². The number of hydrogen-bond acceptors (Lipinski definition) is 7. The Balaban J connectivity index is 1.60. The van der Waals surface area contributed by atoms with Crippen LogP contribution in [0.5, 0.6) is 0 Å². The van der Waals surface area contributed by atoms with Crippen molar-refractivity contribution in [1.82, 2.24) is 9.80 Å². The highest BCUT2D eigenvalue weighted by Gasteiger charge is 2.55. The van der Waals surface area contributed by atoms with E-state index in [4.69, 9.17) is 10.3 Å².